The Bertz CT molecular complexity index is 175. The van der Waals surface area contributed by atoms with E-state index in [-0.39, 0.29) is 0 Å². The van der Waals surface area contributed by atoms with Crippen molar-refractivity contribution in [3.8, 4) is 0 Å². The molecule has 0 spiro atoms. The van der Waals surface area contributed by atoms with E-state index in [1.54, 1.807) is 6.20 Å². The first-order valence-corrected chi connectivity index (χ1v) is 4.58. The van der Waals surface area contributed by atoms with Crippen molar-refractivity contribution in [2.24, 2.45) is 0 Å². The molecule has 0 aliphatic rings. The molecule has 13 heavy (non-hydrogen) atoms. The average molecular weight is 183 g/mol. The van der Waals surface area contributed by atoms with Gasteiger partial charge in [-0.3, -0.25) is 0 Å². The summed E-state index contributed by atoms with van der Waals surface area (Å²) in [7, 11) is 3.97. The zero-order valence-electron chi connectivity index (χ0n) is 9.17. The van der Waals surface area contributed by atoms with Gasteiger partial charge in [0.25, 0.3) is 0 Å². The predicted octanol–water partition coefficient (Wildman–Crippen LogP) is 1.77. The highest BCUT2D eigenvalue weighted by atomic mass is 15.6. The molecule has 0 aromatic carbocycles. The van der Waals surface area contributed by atoms with Crippen LogP contribution in [0.5, 0.6) is 0 Å². The van der Waals surface area contributed by atoms with Gasteiger partial charge in [-0.25, -0.2) is 5.01 Å². The molecule has 0 aliphatic heterocycles. The molecule has 0 aromatic rings. The van der Waals surface area contributed by atoms with Crippen molar-refractivity contribution in [3.05, 3.63) is 24.6 Å². The van der Waals surface area contributed by atoms with Crippen molar-refractivity contribution in [1.29, 1.82) is 0 Å². The summed E-state index contributed by atoms with van der Waals surface area (Å²) >= 11 is 0. The van der Waals surface area contributed by atoms with Crippen molar-refractivity contribution >= 4 is 0 Å². The van der Waals surface area contributed by atoms with E-state index in [0.29, 0.717) is 0 Å². The van der Waals surface area contributed by atoms with Crippen LogP contribution in [0.2, 0.25) is 0 Å². The number of hydrogen-bond donors (Lipinski definition) is 1. The van der Waals surface area contributed by atoms with Crippen molar-refractivity contribution in [2.45, 2.75) is 20.3 Å². The van der Waals surface area contributed by atoms with E-state index in [1.165, 1.54) is 5.70 Å². The van der Waals surface area contributed by atoms with E-state index < -0.39 is 0 Å². The molecule has 0 saturated carbocycles. The molecule has 0 heterocycles. The van der Waals surface area contributed by atoms with E-state index in [1.807, 2.05) is 24.1 Å². The van der Waals surface area contributed by atoms with Gasteiger partial charge in [-0.15, -0.1) is 0 Å². The summed E-state index contributed by atoms with van der Waals surface area (Å²) in [6.07, 6.45) is 5.02. The van der Waals surface area contributed by atoms with Crippen LogP contribution < -0.4 is 5.32 Å². The zero-order chi connectivity index (χ0) is 10.3. The average Bonchev–Trinajstić information content (AvgIpc) is 2.13. The molecule has 0 fully saturated rings. The fraction of sp³-hybridized carbons (Fsp3) is 0.600. The third-order valence-electron chi connectivity index (χ3n) is 1.90. The Hall–Kier alpha value is -0.960. The number of nitrogens with zero attached hydrogens (tertiary/aromatic N) is 2. The topological polar surface area (TPSA) is 18.5 Å². The maximum absolute atomic E-state index is 3.69. The van der Waals surface area contributed by atoms with Gasteiger partial charge in [0.15, 0.2) is 0 Å². The smallest absolute Gasteiger partial charge is 0.0853 e. The molecule has 0 radical (unpaired) electrons. The van der Waals surface area contributed by atoms with Gasteiger partial charge in [-0.1, -0.05) is 19.6 Å². The normalized spacial score (nSPS) is 11.6. The molecule has 76 valence electrons. The molecule has 3 nitrogen and oxygen atoms in total. The molecular formula is C10H21N3. The second-order valence-corrected chi connectivity index (χ2v) is 3.04. The summed E-state index contributed by atoms with van der Waals surface area (Å²) in [5.41, 5.74) is 1.21. The summed E-state index contributed by atoms with van der Waals surface area (Å²) in [5, 5.41) is 7.27. The van der Waals surface area contributed by atoms with Crippen LogP contribution in [0.15, 0.2) is 24.6 Å². The van der Waals surface area contributed by atoms with Gasteiger partial charge in [-0.2, -0.15) is 0 Å². The van der Waals surface area contributed by atoms with Gasteiger partial charge in [0.05, 0.1) is 6.67 Å². The molecule has 0 aliphatic carbocycles. The Labute approximate surface area is 81.7 Å². The summed E-state index contributed by atoms with van der Waals surface area (Å²) in [6.45, 7) is 8.69. The fourth-order valence-corrected chi connectivity index (χ4v) is 0.868. The van der Waals surface area contributed by atoms with E-state index in [2.05, 4.69) is 31.8 Å². The number of allylic oxidation sites excluding steroid dienone is 2. The number of rotatable bonds is 6. The van der Waals surface area contributed by atoms with Gasteiger partial charge in [0, 0.05) is 26.0 Å². The second-order valence-electron chi connectivity index (χ2n) is 3.04. The quantitative estimate of drug-likeness (QED) is 0.500. The highest BCUT2D eigenvalue weighted by Gasteiger charge is 1.98. The van der Waals surface area contributed by atoms with Crippen molar-refractivity contribution in [2.75, 3.05) is 20.8 Å². The molecule has 0 aromatic heterocycles. The zero-order valence-corrected chi connectivity index (χ0v) is 9.17. The van der Waals surface area contributed by atoms with Gasteiger partial charge >= 0.3 is 0 Å². The lowest BCUT2D eigenvalue weighted by Crippen LogP contribution is -2.38. The first-order chi connectivity index (χ1) is 6.11. The van der Waals surface area contributed by atoms with Gasteiger partial charge in [0.2, 0.25) is 0 Å². The summed E-state index contributed by atoms with van der Waals surface area (Å²) in [5.74, 6) is 0. The van der Waals surface area contributed by atoms with E-state index >= 15 is 0 Å². The lowest BCUT2D eigenvalue weighted by Gasteiger charge is -2.27. The van der Waals surface area contributed by atoms with E-state index in [0.717, 1.165) is 13.1 Å². The molecule has 0 bridgehead atoms. The van der Waals surface area contributed by atoms with Crippen molar-refractivity contribution in [1.82, 2.24) is 15.3 Å². The number of hydrazine groups is 1. The minimum absolute atomic E-state index is 0.796. The third-order valence-corrected chi connectivity index (χ3v) is 1.90. The molecule has 0 unspecified atom stereocenters. The predicted molar refractivity (Wildman–Crippen MR) is 57.8 cm³/mol. The third kappa shape index (κ3) is 5.31. The lowest BCUT2D eigenvalue weighted by molar-refractivity contribution is 0.0743. The maximum Gasteiger partial charge on any atom is 0.0853 e. The van der Waals surface area contributed by atoms with Crippen LogP contribution in [0.25, 0.3) is 0 Å². The van der Waals surface area contributed by atoms with Crippen LogP contribution >= 0.6 is 0 Å². The molecule has 1 N–H and O–H groups in total. The molecular weight excluding hydrogens is 162 g/mol. The molecule has 0 saturated heterocycles. The largest absolute Gasteiger partial charge is 0.375 e. The minimum atomic E-state index is 0.796. The van der Waals surface area contributed by atoms with Crippen LogP contribution in [0.1, 0.15) is 20.3 Å². The number of hydrogen-bond acceptors (Lipinski definition) is 3. The Kier molecular flexibility index (Phi) is 6.06. The van der Waals surface area contributed by atoms with Crippen LogP contribution in [0.3, 0.4) is 0 Å². The Morgan fingerprint density at radius 1 is 1.46 bits per heavy atom. The van der Waals surface area contributed by atoms with E-state index in [4.69, 9.17) is 0 Å². The Morgan fingerprint density at radius 3 is 2.54 bits per heavy atom. The number of nitrogens with one attached hydrogen (secondary N) is 1. The Morgan fingerprint density at radius 2 is 2.08 bits per heavy atom. The Balaban J connectivity index is 3.75. The SMILES string of the molecule is C=CN(C)N(C)CN/C(C)=C/CC. The van der Waals surface area contributed by atoms with Crippen LogP contribution in [-0.4, -0.2) is 30.8 Å². The minimum Gasteiger partial charge on any atom is -0.375 e. The fourth-order valence-electron chi connectivity index (χ4n) is 0.868. The van der Waals surface area contributed by atoms with Gasteiger partial charge in [0.1, 0.15) is 0 Å². The molecule has 0 atom stereocenters. The van der Waals surface area contributed by atoms with Crippen molar-refractivity contribution in [3.63, 3.8) is 0 Å². The second kappa shape index (κ2) is 6.54. The lowest BCUT2D eigenvalue weighted by atomic mass is 10.4. The van der Waals surface area contributed by atoms with Crippen molar-refractivity contribution < 1.29 is 0 Å². The summed E-state index contributed by atoms with van der Waals surface area (Å²) in [6, 6.07) is 0. The summed E-state index contributed by atoms with van der Waals surface area (Å²) in [4.78, 5) is 0. The summed E-state index contributed by atoms with van der Waals surface area (Å²) < 4.78 is 0. The molecule has 3 heteroatoms. The molecule has 0 rings (SSSR count). The standard InChI is InChI=1S/C10H21N3/c1-6-8-10(3)11-9-13(5)12(4)7-2/h7-8,11H,2,6,9H2,1,3-5H3/b10-8+. The monoisotopic (exact) mass is 183 g/mol. The maximum atomic E-state index is 3.69. The van der Waals surface area contributed by atoms with Crippen LogP contribution in [0.4, 0.5) is 0 Å². The van der Waals surface area contributed by atoms with Crippen LogP contribution in [0, 0.1) is 0 Å². The van der Waals surface area contributed by atoms with Gasteiger partial charge in [-0.05, 0) is 13.3 Å². The highest BCUT2D eigenvalue weighted by Crippen LogP contribution is 1.92. The van der Waals surface area contributed by atoms with Gasteiger partial charge < -0.3 is 10.3 Å². The first-order valence-electron chi connectivity index (χ1n) is 4.58. The first kappa shape index (κ1) is 12.0. The molecule has 0 amide bonds. The van der Waals surface area contributed by atoms with E-state index in [9.17, 15) is 0 Å². The highest BCUT2D eigenvalue weighted by molar-refractivity contribution is 4.93. The van der Waals surface area contributed by atoms with Crippen LogP contribution in [-0.2, 0) is 0 Å².